The van der Waals surface area contributed by atoms with Crippen molar-refractivity contribution in [1.29, 1.82) is 0 Å². The average molecular weight is 394 g/mol. The first-order valence-corrected chi connectivity index (χ1v) is 9.27. The number of H-pyrrole nitrogens is 1. The van der Waals surface area contributed by atoms with Crippen LogP contribution in [0.3, 0.4) is 0 Å². The highest BCUT2D eigenvalue weighted by Crippen LogP contribution is 2.11. The Hall–Kier alpha value is -3.45. The molecular weight excluding hydrogens is 372 g/mol. The molecule has 1 unspecified atom stereocenters. The molecule has 0 aliphatic rings. The second-order valence-corrected chi connectivity index (χ2v) is 6.74. The van der Waals surface area contributed by atoms with E-state index in [-0.39, 0.29) is 23.4 Å². The summed E-state index contributed by atoms with van der Waals surface area (Å²) in [5.41, 5.74) is 0.746. The van der Waals surface area contributed by atoms with Crippen molar-refractivity contribution in [3.8, 4) is 0 Å². The fourth-order valence-electron chi connectivity index (χ4n) is 3.03. The third-order valence-corrected chi connectivity index (χ3v) is 4.54. The van der Waals surface area contributed by atoms with Crippen molar-refractivity contribution >= 4 is 5.91 Å². The van der Waals surface area contributed by atoms with Gasteiger partial charge >= 0.3 is 5.63 Å². The highest BCUT2D eigenvalue weighted by atomic mass is 16.4. The lowest BCUT2D eigenvalue weighted by molar-refractivity contribution is 0.0909. The maximum absolute atomic E-state index is 12.4. The number of amides is 1. The number of carbonyl (C=O) groups excluding carboxylic acids is 1. The molecule has 1 atom stereocenters. The van der Waals surface area contributed by atoms with Crippen molar-refractivity contribution in [2.75, 3.05) is 6.54 Å². The van der Waals surface area contributed by atoms with E-state index in [0.717, 1.165) is 12.0 Å². The van der Waals surface area contributed by atoms with Gasteiger partial charge in [0.2, 0.25) is 5.56 Å². The van der Waals surface area contributed by atoms with Gasteiger partial charge in [0.25, 0.3) is 5.91 Å². The van der Waals surface area contributed by atoms with Gasteiger partial charge in [-0.25, -0.2) is 4.79 Å². The summed E-state index contributed by atoms with van der Waals surface area (Å²) < 4.78 is 5.31. The van der Waals surface area contributed by atoms with Crippen LogP contribution in [-0.4, -0.2) is 22.5 Å². The number of aryl methyl sites for hydroxylation is 3. The minimum atomic E-state index is -1.11. The molecule has 7 nitrogen and oxygen atoms in total. The summed E-state index contributed by atoms with van der Waals surface area (Å²) in [7, 11) is 0. The topological polar surface area (TPSA) is 112 Å². The Morgan fingerprint density at radius 1 is 1.10 bits per heavy atom. The Bertz CT molecular complexity index is 1100. The Morgan fingerprint density at radius 2 is 1.86 bits per heavy atom. The summed E-state index contributed by atoms with van der Waals surface area (Å²) in [6, 6.07) is 15.9. The molecule has 0 fully saturated rings. The zero-order valence-corrected chi connectivity index (χ0v) is 16.0. The third kappa shape index (κ3) is 5.30. The van der Waals surface area contributed by atoms with E-state index in [4.69, 9.17) is 4.42 Å². The molecule has 0 saturated carbocycles. The van der Waals surface area contributed by atoms with Crippen LogP contribution < -0.4 is 16.5 Å². The van der Waals surface area contributed by atoms with E-state index in [0.29, 0.717) is 17.7 Å². The van der Waals surface area contributed by atoms with Crippen molar-refractivity contribution < 1.29 is 14.3 Å². The molecule has 0 aliphatic heterocycles. The second-order valence-electron chi connectivity index (χ2n) is 6.74. The zero-order valence-electron chi connectivity index (χ0n) is 16.0. The lowest BCUT2D eigenvalue weighted by Gasteiger charge is -2.12. The predicted molar refractivity (Wildman–Crippen MR) is 108 cm³/mol. The largest absolute Gasteiger partial charge is 0.427 e. The van der Waals surface area contributed by atoms with Gasteiger partial charge in [-0.05, 0) is 36.6 Å². The number of aliphatic hydroxyl groups is 1. The molecule has 0 radical (unpaired) electrons. The third-order valence-electron chi connectivity index (χ3n) is 4.54. The van der Waals surface area contributed by atoms with Gasteiger partial charge in [0, 0.05) is 24.7 Å². The first-order valence-electron chi connectivity index (χ1n) is 9.27. The number of aromatic amines is 1. The van der Waals surface area contributed by atoms with Gasteiger partial charge in [-0.2, -0.15) is 0 Å². The normalized spacial score (nSPS) is 11.8. The Morgan fingerprint density at radius 3 is 2.55 bits per heavy atom. The lowest BCUT2D eigenvalue weighted by atomic mass is 10.1. The molecule has 1 amide bonds. The number of hydrogen-bond acceptors (Lipinski definition) is 5. The first-order chi connectivity index (χ1) is 13.9. The molecule has 3 rings (SSSR count). The summed E-state index contributed by atoms with van der Waals surface area (Å²) in [6.07, 6.45) is 0.156. The van der Waals surface area contributed by atoms with Crippen LogP contribution in [0, 0.1) is 6.92 Å². The van der Waals surface area contributed by atoms with E-state index in [9.17, 15) is 19.5 Å². The minimum Gasteiger partial charge on any atom is -0.427 e. The SMILES string of the molecule is Cc1cc(CCc2ccccc2)oc(=O)c1C(=O)NCC(O)c1cccc(=O)[nH]1. The lowest BCUT2D eigenvalue weighted by Crippen LogP contribution is -2.33. The molecule has 0 spiro atoms. The Kier molecular flexibility index (Phi) is 6.41. The van der Waals surface area contributed by atoms with Crippen LogP contribution >= 0.6 is 0 Å². The highest BCUT2D eigenvalue weighted by Gasteiger charge is 2.18. The smallest absolute Gasteiger partial charge is 0.349 e. The minimum absolute atomic E-state index is 0.0952. The predicted octanol–water partition coefficient (Wildman–Crippen LogP) is 1.89. The van der Waals surface area contributed by atoms with Crippen LogP contribution in [0.2, 0.25) is 0 Å². The standard InChI is InChI=1S/C22H22N2O5/c1-14-12-16(11-10-15-6-3-2-4-7-15)29-22(28)20(14)21(27)23-13-18(25)17-8-5-9-19(26)24-17/h2-9,12,18,25H,10-11,13H2,1H3,(H,23,27)(H,24,26). The van der Waals surface area contributed by atoms with Gasteiger partial charge in [0.15, 0.2) is 0 Å². The first kappa shape index (κ1) is 20.3. The number of carbonyl (C=O) groups is 1. The maximum Gasteiger partial charge on any atom is 0.349 e. The van der Waals surface area contributed by atoms with Crippen molar-refractivity contribution in [3.63, 3.8) is 0 Å². The summed E-state index contributed by atoms with van der Waals surface area (Å²) >= 11 is 0. The van der Waals surface area contributed by atoms with Crippen LogP contribution in [0.25, 0.3) is 0 Å². The molecule has 1 aromatic carbocycles. The quantitative estimate of drug-likeness (QED) is 0.566. The van der Waals surface area contributed by atoms with Crippen LogP contribution in [0.4, 0.5) is 0 Å². The van der Waals surface area contributed by atoms with Crippen LogP contribution in [0.1, 0.15) is 39.0 Å². The van der Waals surface area contributed by atoms with Gasteiger partial charge in [-0.1, -0.05) is 36.4 Å². The van der Waals surface area contributed by atoms with E-state index in [1.807, 2.05) is 30.3 Å². The maximum atomic E-state index is 12.4. The van der Waals surface area contributed by atoms with Crippen LogP contribution in [-0.2, 0) is 12.8 Å². The van der Waals surface area contributed by atoms with E-state index >= 15 is 0 Å². The molecule has 3 aromatic rings. The molecule has 29 heavy (non-hydrogen) atoms. The van der Waals surface area contributed by atoms with E-state index in [2.05, 4.69) is 10.3 Å². The molecule has 3 N–H and O–H groups in total. The molecule has 7 heteroatoms. The highest BCUT2D eigenvalue weighted by molar-refractivity contribution is 5.95. The van der Waals surface area contributed by atoms with Crippen molar-refractivity contribution in [2.24, 2.45) is 0 Å². The number of nitrogens with one attached hydrogen (secondary N) is 2. The van der Waals surface area contributed by atoms with Crippen LogP contribution in [0.15, 0.2) is 68.6 Å². The van der Waals surface area contributed by atoms with E-state index in [1.54, 1.807) is 19.1 Å². The Balaban J connectivity index is 1.66. The second kappa shape index (κ2) is 9.16. The monoisotopic (exact) mass is 394 g/mol. The number of pyridine rings is 1. The van der Waals surface area contributed by atoms with Gasteiger partial charge in [0.1, 0.15) is 17.4 Å². The van der Waals surface area contributed by atoms with Crippen LogP contribution in [0.5, 0.6) is 0 Å². The fourth-order valence-corrected chi connectivity index (χ4v) is 3.03. The summed E-state index contributed by atoms with van der Waals surface area (Å²) in [5.74, 6) is -0.127. The molecule has 150 valence electrons. The number of aromatic nitrogens is 1. The fraction of sp³-hybridized carbons (Fsp3) is 0.227. The van der Waals surface area contributed by atoms with Crippen molar-refractivity contribution in [2.45, 2.75) is 25.9 Å². The molecule has 0 aliphatic carbocycles. The number of rotatable bonds is 7. The molecule has 2 heterocycles. The summed E-state index contributed by atoms with van der Waals surface area (Å²) in [4.78, 5) is 38.6. The van der Waals surface area contributed by atoms with Crippen molar-refractivity contribution in [3.05, 3.63) is 104 Å². The Labute approximate surface area is 167 Å². The molecule has 2 aromatic heterocycles. The number of hydrogen-bond donors (Lipinski definition) is 3. The average Bonchev–Trinajstić information content (AvgIpc) is 2.70. The van der Waals surface area contributed by atoms with Crippen molar-refractivity contribution in [1.82, 2.24) is 10.3 Å². The molecule has 0 bridgehead atoms. The van der Waals surface area contributed by atoms with E-state index < -0.39 is 17.6 Å². The summed E-state index contributed by atoms with van der Waals surface area (Å²) in [5, 5.41) is 12.6. The summed E-state index contributed by atoms with van der Waals surface area (Å²) in [6.45, 7) is 1.51. The van der Waals surface area contributed by atoms with Gasteiger partial charge in [0.05, 0.1) is 0 Å². The zero-order chi connectivity index (χ0) is 20.8. The number of benzene rings is 1. The van der Waals surface area contributed by atoms with E-state index in [1.165, 1.54) is 12.1 Å². The molecular formula is C22H22N2O5. The number of aliphatic hydroxyl groups excluding tert-OH is 1. The van der Waals surface area contributed by atoms with Gasteiger partial charge in [-0.3, -0.25) is 9.59 Å². The van der Waals surface area contributed by atoms with Gasteiger partial charge < -0.3 is 19.8 Å². The molecule has 0 saturated heterocycles. The van der Waals surface area contributed by atoms with Gasteiger partial charge in [-0.15, -0.1) is 0 Å².